The summed E-state index contributed by atoms with van der Waals surface area (Å²) in [6, 6.07) is 11.8. The Morgan fingerprint density at radius 3 is 2.39 bits per heavy atom. The fraction of sp³-hybridized carbons (Fsp3) is 0.357. The first-order valence-electron chi connectivity index (χ1n) is 12.6. The van der Waals surface area contributed by atoms with Crippen molar-refractivity contribution in [3.05, 3.63) is 77.1 Å². The van der Waals surface area contributed by atoms with E-state index in [-0.39, 0.29) is 35.7 Å². The molecule has 0 unspecified atom stereocenters. The zero-order valence-electron chi connectivity index (χ0n) is 21.7. The molecule has 0 atom stereocenters. The van der Waals surface area contributed by atoms with Gasteiger partial charge in [0.2, 0.25) is 5.91 Å². The van der Waals surface area contributed by atoms with Gasteiger partial charge >= 0.3 is 0 Å². The van der Waals surface area contributed by atoms with Crippen molar-refractivity contribution >= 4 is 29.1 Å². The number of amides is 2. The van der Waals surface area contributed by atoms with Gasteiger partial charge in [-0.3, -0.25) is 9.59 Å². The van der Waals surface area contributed by atoms with Crippen molar-refractivity contribution in [1.82, 2.24) is 15.3 Å². The highest BCUT2D eigenvalue weighted by Gasteiger charge is 2.24. The number of aryl methyl sites for hydroxylation is 1. The molecule has 3 aromatic rings. The second-order valence-corrected chi connectivity index (χ2v) is 9.73. The SMILES string of the molecule is Cc1nc(NC2CCC(NC(=O)Cc3ccccc3C(=O)Nc3ccc(F)cc3F)CC2)cc(N(C)C)n1. The van der Waals surface area contributed by atoms with Crippen LogP contribution in [0.5, 0.6) is 0 Å². The molecule has 2 amide bonds. The van der Waals surface area contributed by atoms with E-state index >= 15 is 0 Å². The maximum Gasteiger partial charge on any atom is 0.256 e. The number of hydrogen-bond donors (Lipinski definition) is 3. The summed E-state index contributed by atoms with van der Waals surface area (Å²) in [5.41, 5.74) is 0.656. The highest BCUT2D eigenvalue weighted by atomic mass is 19.1. The lowest BCUT2D eigenvalue weighted by Crippen LogP contribution is -2.41. The lowest BCUT2D eigenvalue weighted by Gasteiger charge is -2.30. The van der Waals surface area contributed by atoms with Crippen molar-refractivity contribution < 1.29 is 18.4 Å². The second-order valence-electron chi connectivity index (χ2n) is 9.73. The van der Waals surface area contributed by atoms with Crippen molar-refractivity contribution in [3.63, 3.8) is 0 Å². The maximum absolute atomic E-state index is 14.0. The summed E-state index contributed by atoms with van der Waals surface area (Å²) in [4.78, 5) is 36.5. The Balaban J connectivity index is 1.30. The van der Waals surface area contributed by atoms with E-state index in [9.17, 15) is 18.4 Å². The number of aromatic nitrogens is 2. The number of carbonyl (C=O) groups is 2. The lowest BCUT2D eigenvalue weighted by atomic mass is 9.91. The number of nitrogens with zero attached hydrogens (tertiary/aromatic N) is 3. The summed E-state index contributed by atoms with van der Waals surface area (Å²) in [7, 11) is 3.88. The molecule has 1 saturated carbocycles. The largest absolute Gasteiger partial charge is 0.367 e. The third kappa shape index (κ3) is 7.02. The Morgan fingerprint density at radius 1 is 0.974 bits per heavy atom. The predicted octanol–water partition coefficient (Wildman–Crippen LogP) is 4.46. The van der Waals surface area contributed by atoms with Crippen LogP contribution in [0.25, 0.3) is 0 Å². The molecular weight excluding hydrogens is 490 g/mol. The van der Waals surface area contributed by atoms with Gasteiger partial charge in [-0.05, 0) is 56.4 Å². The Kier molecular flexibility index (Phi) is 8.50. The minimum Gasteiger partial charge on any atom is -0.367 e. The maximum atomic E-state index is 14.0. The van der Waals surface area contributed by atoms with Crippen molar-refractivity contribution in [2.24, 2.45) is 0 Å². The fourth-order valence-electron chi connectivity index (χ4n) is 4.57. The van der Waals surface area contributed by atoms with Gasteiger partial charge in [-0.2, -0.15) is 0 Å². The Morgan fingerprint density at radius 2 is 1.68 bits per heavy atom. The molecule has 0 aliphatic heterocycles. The van der Waals surface area contributed by atoms with Crippen molar-refractivity contribution in [2.45, 2.75) is 51.1 Å². The molecule has 1 heterocycles. The fourth-order valence-corrected chi connectivity index (χ4v) is 4.57. The monoisotopic (exact) mass is 522 g/mol. The molecule has 1 aromatic heterocycles. The summed E-state index contributed by atoms with van der Waals surface area (Å²) in [5.74, 6) is -0.00519. The molecule has 0 radical (unpaired) electrons. The Hall–Kier alpha value is -4.08. The third-order valence-electron chi connectivity index (χ3n) is 6.52. The smallest absolute Gasteiger partial charge is 0.256 e. The molecular formula is C28H32F2N6O2. The molecule has 1 fully saturated rings. The zero-order chi connectivity index (χ0) is 27.2. The summed E-state index contributed by atoms with van der Waals surface area (Å²) < 4.78 is 27.2. The highest BCUT2D eigenvalue weighted by Crippen LogP contribution is 2.24. The standard InChI is InChI=1S/C28H32F2N6O2/c1-17-31-25(16-26(32-17)36(2)3)33-20-9-11-21(12-10-20)34-27(37)14-18-6-4-5-7-22(18)28(38)35-24-13-8-19(29)15-23(24)30/h4-8,13,15-16,20-21H,9-12,14H2,1-3H3,(H,34,37)(H,35,38)(H,31,32,33). The highest BCUT2D eigenvalue weighted by molar-refractivity contribution is 6.06. The normalized spacial score (nSPS) is 17.0. The van der Waals surface area contributed by atoms with Crippen LogP contribution in [0.1, 0.15) is 47.4 Å². The van der Waals surface area contributed by atoms with Gasteiger partial charge in [-0.1, -0.05) is 18.2 Å². The molecule has 4 rings (SSSR count). The van der Waals surface area contributed by atoms with Crippen molar-refractivity contribution in [3.8, 4) is 0 Å². The van der Waals surface area contributed by atoms with Crippen LogP contribution in [0.15, 0.2) is 48.5 Å². The van der Waals surface area contributed by atoms with E-state index in [4.69, 9.17) is 0 Å². The van der Waals surface area contributed by atoms with Crippen LogP contribution < -0.4 is 20.9 Å². The average Bonchev–Trinajstić information content (AvgIpc) is 2.87. The van der Waals surface area contributed by atoms with Gasteiger partial charge in [-0.15, -0.1) is 0 Å². The molecule has 200 valence electrons. The molecule has 0 saturated heterocycles. The van der Waals surface area contributed by atoms with Crippen molar-refractivity contribution in [2.75, 3.05) is 29.6 Å². The van der Waals surface area contributed by atoms with E-state index in [0.717, 1.165) is 49.5 Å². The average molecular weight is 523 g/mol. The summed E-state index contributed by atoms with van der Waals surface area (Å²) >= 11 is 0. The zero-order valence-corrected chi connectivity index (χ0v) is 21.7. The first kappa shape index (κ1) is 27.0. The molecule has 0 bridgehead atoms. The second kappa shape index (κ2) is 12.0. The number of carbonyl (C=O) groups excluding carboxylic acids is 2. The minimum absolute atomic E-state index is 0.0151. The Bertz CT molecular complexity index is 1310. The van der Waals surface area contributed by atoms with E-state index in [1.165, 1.54) is 0 Å². The first-order valence-corrected chi connectivity index (χ1v) is 12.6. The first-order chi connectivity index (χ1) is 18.2. The Labute approximate surface area is 220 Å². The van der Waals surface area contributed by atoms with E-state index < -0.39 is 17.5 Å². The third-order valence-corrected chi connectivity index (χ3v) is 6.52. The molecule has 1 aliphatic carbocycles. The van der Waals surface area contributed by atoms with Crippen molar-refractivity contribution in [1.29, 1.82) is 0 Å². The quantitative estimate of drug-likeness (QED) is 0.404. The van der Waals surface area contributed by atoms with E-state index in [1.54, 1.807) is 24.3 Å². The lowest BCUT2D eigenvalue weighted by molar-refractivity contribution is -0.121. The van der Waals surface area contributed by atoms with Crippen LogP contribution in [-0.4, -0.2) is 48.0 Å². The molecule has 38 heavy (non-hydrogen) atoms. The van der Waals surface area contributed by atoms with E-state index in [1.807, 2.05) is 32.0 Å². The topological polar surface area (TPSA) is 99.2 Å². The molecule has 1 aliphatic rings. The van der Waals surface area contributed by atoms with Gasteiger partial charge in [-0.25, -0.2) is 18.7 Å². The molecule has 3 N–H and O–H groups in total. The molecule has 2 aromatic carbocycles. The number of benzene rings is 2. The van der Waals surface area contributed by atoms with E-state index in [0.29, 0.717) is 17.5 Å². The van der Waals surface area contributed by atoms with Gasteiger partial charge in [0.25, 0.3) is 5.91 Å². The number of rotatable bonds is 8. The van der Waals surface area contributed by atoms with E-state index in [2.05, 4.69) is 25.9 Å². The van der Waals surface area contributed by atoms with Crippen LogP contribution in [-0.2, 0) is 11.2 Å². The minimum atomic E-state index is -0.869. The molecule has 10 heteroatoms. The summed E-state index contributed by atoms with van der Waals surface area (Å²) in [5, 5.41) is 9.03. The summed E-state index contributed by atoms with van der Waals surface area (Å²) in [6.45, 7) is 1.87. The van der Waals surface area contributed by atoms with Gasteiger partial charge in [0.15, 0.2) is 0 Å². The predicted molar refractivity (Wildman–Crippen MR) is 143 cm³/mol. The van der Waals surface area contributed by atoms with Gasteiger partial charge in [0, 0.05) is 43.9 Å². The molecule has 0 spiro atoms. The van der Waals surface area contributed by atoms with Crippen LogP contribution in [0, 0.1) is 18.6 Å². The van der Waals surface area contributed by atoms with Crippen LogP contribution in [0.4, 0.5) is 26.1 Å². The van der Waals surface area contributed by atoms with Crippen LogP contribution in [0.3, 0.4) is 0 Å². The number of nitrogens with one attached hydrogen (secondary N) is 3. The van der Waals surface area contributed by atoms with Gasteiger partial charge in [0.05, 0.1) is 12.1 Å². The van der Waals surface area contributed by atoms with Gasteiger partial charge in [0.1, 0.15) is 29.1 Å². The number of anilines is 3. The summed E-state index contributed by atoms with van der Waals surface area (Å²) in [6.07, 6.45) is 3.42. The van der Waals surface area contributed by atoms with Gasteiger partial charge < -0.3 is 20.9 Å². The molecule has 8 nitrogen and oxygen atoms in total. The number of halogens is 2. The number of hydrogen-bond acceptors (Lipinski definition) is 6. The van der Waals surface area contributed by atoms with Crippen LogP contribution >= 0.6 is 0 Å². The van der Waals surface area contributed by atoms with Crippen LogP contribution in [0.2, 0.25) is 0 Å².